The van der Waals surface area contributed by atoms with E-state index in [4.69, 9.17) is 5.26 Å². The van der Waals surface area contributed by atoms with Gasteiger partial charge in [-0.05, 0) is 25.1 Å². The molecule has 6 heteroatoms. The van der Waals surface area contributed by atoms with Crippen molar-refractivity contribution in [3.05, 3.63) is 29.8 Å². The van der Waals surface area contributed by atoms with E-state index < -0.39 is 6.04 Å². The first-order valence-corrected chi connectivity index (χ1v) is 6.42. The summed E-state index contributed by atoms with van der Waals surface area (Å²) in [6.07, 6.45) is 0. The summed E-state index contributed by atoms with van der Waals surface area (Å²) in [6.45, 7) is 3.20. The Bertz CT molecular complexity index is 565. The number of anilines is 1. The fraction of sp³-hybridized carbons (Fsp3) is 0.357. The summed E-state index contributed by atoms with van der Waals surface area (Å²) in [5.74, 6) is -0.253. The van der Waals surface area contributed by atoms with Crippen LogP contribution in [0.25, 0.3) is 0 Å². The van der Waals surface area contributed by atoms with Crippen LogP contribution < -0.4 is 10.6 Å². The Hall–Kier alpha value is -2.39. The van der Waals surface area contributed by atoms with Gasteiger partial charge >= 0.3 is 0 Å². The van der Waals surface area contributed by atoms with E-state index >= 15 is 0 Å². The third kappa shape index (κ3) is 3.33. The van der Waals surface area contributed by atoms with Gasteiger partial charge in [0.05, 0.1) is 24.2 Å². The summed E-state index contributed by atoms with van der Waals surface area (Å²) in [7, 11) is 0. The molecule has 0 aromatic heterocycles. The van der Waals surface area contributed by atoms with Gasteiger partial charge in [-0.2, -0.15) is 5.26 Å². The van der Waals surface area contributed by atoms with E-state index in [1.54, 1.807) is 31.2 Å². The van der Waals surface area contributed by atoms with Crippen LogP contribution in [0.5, 0.6) is 0 Å². The Morgan fingerprint density at radius 3 is 3.05 bits per heavy atom. The number of nitrogens with zero attached hydrogens (tertiary/aromatic N) is 2. The number of piperazine rings is 1. The molecular weight excluding hydrogens is 256 g/mol. The molecule has 1 aliphatic rings. The van der Waals surface area contributed by atoms with E-state index in [0.29, 0.717) is 24.3 Å². The molecule has 104 valence electrons. The van der Waals surface area contributed by atoms with Crippen LogP contribution in [0, 0.1) is 11.3 Å². The minimum atomic E-state index is -0.396. The molecular formula is C14H16N4O2. The number of hydrogen-bond acceptors (Lipinski definition) is 4. The average molecular weight is 272 g/mol. The van der Waals surface area contributed by atoms with E-state index in [2.05, 4.69) is 10.6 Å². The SMILES string of the molecule is CC(C(=O)Nc1cccc(C#N)c1)N1CCNC(=O)C1. The second-order valence-electron chi connectivity index (χ2n) is 4.68. The van der Waals surface area contributed by atoms with Crippen molar-refractivity contribution < 1.29 is 9.59 Å². The molecule has 1 aromatic carbocycles. The van der Waals surface area contributed by atoms with Crippen molar-refractivity contribution in [2.75, 3.05) is 25.0 Å². The van der Waals surface area contributed by atoms with Crippen molar-refractivity contribution in [3.63, 3.8) is 0 Å². The van der Waals surface area contributed by atoms with E-state index in [1.807, 2.05) is 11.0 Å². The molecule has 1 aliphatic heterocycles. The van der Waals surface area contributed by atoms with Crippen LogP contribution in [0.3, 0.4) is 0 Å². The lowest BCUT2D eigenvalue weighted by Crippen LogP contribution is -2.53. The minimum absolute atomic E-state index is 0.0672. The van der Waals surface area contributed by atoms with Crippen LogP contribution in [0.2, 0.25) is 0 Å². The maximum Gasteiger partial charge on any atom is 0.241 e. The second kappa shape index (κ2) is 6.17. The first kappa shape index (κ1) is 14.0. The molecule has 1 heterocycles. The average Bonchev–Trinajstić information content (AvgIpc) is 2.46. The number of carbonyl (C=O) groups is 2. The molecule has 1 fully saturated rings. The normalized spacial score (nSPS) is 16.9. The van der Waals surface area contributed by atoms with Crippen LogP contribution in [-0.4, -0.2) is 42.4 Å². The molecule has 1 saturated heterocycles. The van der Waals surface area contributed by atoms with Crippen LogP contribution >= 0.6 is 0 Å². The number of hydrogen-bond donors (Lipinski definition) is 2. The minimum Gasteiger partial charge on any atom is -0.354 e. The lowest BCUT2D eigenvalue weighted by atomic mass is 10.2. The van der Waals surface area contributed by atoms with Crippen molar-refractivity contribution in [3.8, 4) is 6.07 Å². The zero-order chi connectivity index (χ0) is 14.5. The van der Waals surface area contributed by atoms with Crippen molar-refractivity contribution in [1.29, 1.82) is 5.26 Å². The predicted octanol–water partition coefficient (Wildman–Crippen LogP) is 0.317. The number of benzene rings is 1. The summed E-state index contributed by atoms with van der Waals surface area (Å²) >= 11 is 0. The highest BCUT2D eigenvalue weighted by molar-refractivity contribution is 5.95. The molecule has 0 aliphatic carbocycles. The molecule has 2 rings (SSSR count). The fourth-order valence-corrected chi connectivity index (χ4v) is 2.07. The van der Waals surface area contributed by atoms with Gasteiger partial charge in [0.25, 0.3) is 0 Å². The molecule has 0 radical (unpaired) electrons. The molecule has 1 unspecified atom stereocenters. The lowest BCUT2D eigenvalue weighted by molar-refractivity contribution is -0.127. The number of nitriles is 1. The topological polar surface area (TPSA) is 85.2 Å². The Morgan fingerprint density at radius 1 is 1.55 bits per heavy atom. The summed E-state index contributed by atoms with van der Waals surface area (Å²) in [5.41, 5.74) is 1.08. The molecule has 1 atom stereocenters. The zero-order valence-corrected chi connectivity index (χ0v) is 11.2. The summed E-state index contributed by atoms with van der Waals surface area (Å²) in [5, 5.41) is 14.3. The number of carbonyl (C=O) groups excluding carboxylic acids is 2. The third-order valence-electron chi connectivity index (χ3n) is 3.25. The molecule has 1 aromatic rings. The smallest absolute Gasteiger partial charge is 0.241 e. The Kier molecular flexibility index (Phi) is 4.33. The van der Waals surface area contributed by atoms with Crippen molar-refractivity contribution >= 4 is 17.5 Å². The molecule has 0 saturated carbocycles. The van der Waals surface area contributed by atoms with Crippen molar-refractivity contribution in [2.45, 2.75) is 13.0 Å². The number of rotatable bonds is 3. The highest BCUT2D eigenvalue weighted by Gasteiger charge is 2.25. The molecule has 2 N–H and O–H groups in total. The quantitative estimate of drug-likeness (QED) is 0.829. The molecule has 20 heavy (non-hydrogen) atoms. The van der Waals surface area contributed by atoms with Gasteiger partial charge < -0.3 is 10.6 Å². The van der Waals surface area contributed by atoms with Gasteiger partial charge in [-0.3, -0.25) is 14.5 Å². The van der Waals surface area contributed by atoms with Crippen LogP contribution in [-0.2, 0) is 9.59 Å². The van der Waals surface area contributed by atoms with E-state index in [0.717, 1.165) is 0 Å². The van der Waals surface area contributed by atoms with E-state index in [1.165, 1.54) is 0 Å². The lowest BCUT2D eigenvalue weighted by Gasteiger charge is -2.31. The van der Waals surface area contributed by atoms with Crippen molar-refractivity contribution in [2.24, 2.45) is 0 Å². The van der Waals surface area contributed by atoms with Gasteiger partial charge in [-0.1, -0.05) is 6.07 Å². The van der Waals surface area contributed by atoms with Gasteiger partial charge in [-0.25, -0.2) is 0 Å². The number of amides is 2. The Labute approximate surface area is 117 Å². The highest BCUT2D eigenvalue weighted by atomic mass is 16.2. The monoisotopic (exact) mass is 272 g/mol. The van der Waals surface area contributed by atoms with Gasteiger partial charge in [0, 0.05) is 18.8 Å². The first-order chi connectivity index (χ1) is 9.60. The largest absolute Gasteiger partial charge is 0.354 e. The summed E-state index contributed by atoms with van der Waals surface area (Å²) in [6, 6.07) is 8.37. The van der Waals surface area contributed by atoms with Gasteiger partial charge in [0.15, 0.2) is 0 Å². The van der Waals surface area contributed by atoms with Gasteiger partial charge in [-0.15, -0.1) is 0 Å². The fourth-order valence-electron chi connectivity index (χ4n) is 2.07. The molecule has 0 spiro atoms. The standard InChI is InChI=1S/C14H16N4O2/c1-10(18-6-5-16-13(19)9-18)14(20)17-12-4-2-3-11(7-12)8-15/h2-4,7,10H,5-6,9H2,1H3,(H,16,19)(H,17,20). The maximum atomic E-state index is 12.2. The summed E-state index contributed by atoms with van der Waals surface area (Å²) < 4.78 is 0. The van der Waals surface area contributed by atoms with Crippen LogP contribution in [0.15, 0.2) is 24.3 Å². The summed E-state index contributed by atoms with van der Waals surface area (Å²) in [4.78, 5) is 25.3. The van der Waals surface area contributed by atoms with Crippen LogP contribution in [0.1, 0.15) is 12.5 Å². The molecule has 6 nitrogen and oxygen atoms in total. The Balaban J connectivity index is 2.00. The van der Waals surface area contributed by atoms with Gasteiger partial charge in [0.1, 0.15) is 0 Å². The molecule has 2 amide bonds. The first-order valence-electron chi connectivity index (χ1n) is 6.42. The Morgan fingerprint density at radius 2 is 2.35 bits per heavy atom. The predicted molar refractivity (Wildman–Crippen MR) is 73.8 cm³/mol. The third-order valence-corrected chi connectivity index (χ3v) is 3.25. The van der Waals surface area contributed by atoms with Crippen molar-refractivity contribution in [1.82, 2.24) is 10.2 Å². The van der Waals surface area contributed by atoms with E-state index in [9.17, 15) is 9.59 Å². The maximum absolute atomic E-state index is 12.2. The van der Waals surface area contributed by atoms with Crippen LogP contribution in [0.4, 0.5) is 5.69 Å². The highest BCUT2D eigenvalue weighted by Crippen LogP contribution is 2.11. The number of nitrogens with one attached hydrogen (secondary N) is 2. The zero-order valence-electron chi connectivity index (χ0n) is 11.2. The second-order valence-corrected chi connectivity index (χ2v) is 4.68. The molecule has 0 bridgehead atoms. The van der Waals surface area contributed by atoms with Gasteiger partial charge in [0.2, 0.25) is 11.8 Å². The van der Waals surface area contributed by atoms with E-state index in [-0.39, 0.29) is 18.4 Å².